The normalized spacial score (nSPS) is 30.6. The van der Waals surface area contributed by atoms with Crippen LogP contribution in [0, 0.1) is 5.92 Å². The number of fused-ring (bicyclic) bond motifs is 2. The van der Waals surface area contributed by atoms with Crippen LogP contribution in [0.2, 0.25) is 0 Å². The van der Waals surface area contributed by atoms with Gasteiger partial charge in [-0.15, -0.1) is 0 Å². The van der Waals surface area contributed by atoms with Crippen molar-refractivity contribution in [1.82, 2.24) is 0 Å². The average Bonchev–Trinajstić information content (AvgIpc) is 2.53. The maximum atomic E-state index is 13.0. The molecule has 0 saturated carbocycles. The minimum atomic E-state index is -0.751. The van der Waals surface area contributed by atoms with Crippen molar-refractivity contribution in [1.29, 1.82) is 0 Å². The molecule has 2 unspecified atom stereocenters. The van der Waals surface area contributed by atoms with Crippen LogP contribution in [-0.2, 0) is 10.8 Å². The molecule has 0 radical (unpaired) electrons. The monoisotopic (exact) mass is 322 g/mol. The minimum absolute atomic E-state index is 0.0472. The third kappa shape index (κ3) is 2.78. The Hall–Kier alpha value is -1.36. The zero-order valence-electron chi connectivity index (χ0n) is 13.0. The molecule has 22 heavy (non-hydrogen) atoms. The third-order valence-corrected chi connectivity index (χ3v) is 7.02. The number of methoxy groups -OCH3 is 2. The van der Waals surface area contributed by atoms with Crippen molar-refractivity contribution < 1.29 is 18.5 Å². The van der Waals surface area contributed by atoms with Crippen molar-refractivity contribution >= 4 is 16.6 Å². The quantitative estimate of drug-likeness (QED) is 0.800. The van der Waals surface area contributed by atoms with Crippen molar-refractivity contribution in [3.05, 3.63) is 23.8 Å². The van der Waals surface area contributed by atoms with Crippen molar-refractivity contribution in [2.75, 3.05) is 14.2 Å². The molecule has 4 nitrogen and oxygen atoms in total. The Morgan fingerprint density at radius 2 is 1.82 bits per heavy atom. The maximum absolute atomic E-state index is 13.0. The van der Waals surface area contributed by atoms with E-state index in [2.05, 4.69) is 0 Å². The molecule has 1 aromatic carbocycles. The summed E-state index contributed by atoms with van der Waals surface area (Å²) in [5.74, 6) is 1.30. The number of rotatable bonds is 4. The molecule has 5 heteroatoms. The van der Waals surface area contributed by atoms with Crippen LogP contribution in [0.25, 0.3) is 0 Å². The van der Waals surface area contributed by atoms with E-state index >= 15 is 0 Å². The second-order valence-electron chi connectivity index (χ2n) is 6.10. The van der Waals surface area contributed by atoms with Gasteiger partial charge in [0.2, 0.25) is 0 Å². The van der Waals surface area contributed by atoms with Gasteiger partial charge < -0.3 is 9.47 Å². The first-order valence-corrected chi connectivity index (χ1v) is 9.07. The third-order valence-electron chi connectivity index (χ3n) is 4.85. The maximum Gasteiger partial charge on any atom is 0.169 e. The van der Waals surface area contributed by atoms with Crippen molar-refractivity contribution in [2.24, 2.45) is 5.92 Å². The molecule has 1 aromatic rings. The van der Waals surface area contributed by atoms with Crippen LogP contribution in [0.15, 0.2) is 18.2 Å². The van der Waals surface area contributed by atoms with Crippen LogP contribution in [0.5, 0.6) is 11.5 Å². The molecule has 2 bridgehead atoms. The highest BCUT2D eigenvalue weighted by molar-refractivity contribution is 7.86. The summed E-state index contributed by atoms with van der Waals surface area (Å²) in [5.41, 5.74) is 0.581. The summed E-state index contributed by atoms with van der Waals surface area (Å²) in [7, 11) is 2.41. The highest BCUT2D eigenvalue weighted by Crippen LogP contribution is 2.39. The van der Waals surface area contributed by atoms with Gasteiger partial charge in [-0.3, -0.25) is 9.00 Å². The Morgan fingerprint density at radius 3 is 2.41 bits per heavy atom. The molecule has 0 spiro atoms. The topological polar surface area (TPSA) is 52.6 Å². The highest BCUT2D eigenvalue weighted by atomic mass is 32.2. The van der Waals surface area contributed by atoms with Gasteiger partial charge in [0, 0.05) is 27.2 Å². The van der Waals surface area contributed by atoms with E-state index in [1.54, 1.807) is 32.4 Å². The zero-order chi connectivity index (χ0) is 15.7. The standard InChI is InChI=1S/C17H22O4S/c1-20-12-6-7-16(21-2)15(10-12)17(18)11-8-13-4-3-5-14(9-11)22(13)19/h6-7,10-11,13-14H,3-5,8-9H2,1-2H3. The molecule has 0 N–H and O–H groups in total. The number of hydrogen-bond donors (Lipinski definition) is 0. The van der Waals surface area contributed by atoms with Gasteiger partial charge >= 0.3 is 0 Å². The first kappa shape index (κ1) is 15.5. The highest BCUT2D eigenvalue weighted by Gasteiger charge is 2.41. The summed E-state index contributed by atoms with van der Waals surface area (Å²) in [6.45, 7) is 0. The SMILES string of the molecule is COc1ccc(OC)c(C(=O)C2CC3CCCC(C2)S3=O)c1. The van der Waals surface area contributed by atoms with E-state index in [1.165, 1.54) is 0 Å². The second-order valence-corrected chi connectivity index (χ2v) is 8.09. The molecular weight excluding hydrogens is 300 g/mol. The van der Waals surface area contributed by atoms with Crippen LogP contribution < -0.4 is 9.47 Å². The van der Waals surface area contributed by atoms with E-state index in [1.807, 2.05) is 0 Å². The molecule has 0 aliphatic carbocycles. The Kier molecular flexibility index (Phi) is 4.52. The first-order valence-electron chi connectivity index (χ1n) is 7.79. The molecular formula is C17H22O4S. The summed E-state index contributed by atoms with van der Waals surface area (Å²) in [6, 6.07) is 5.32. The summed E-state index contributed by atoms with van der Waals surface area (Å²) < 4.78 is 22.9. The van der Waals surface area contributed by atoms with Crippen LogP contribution in [-0.4, -0.2) is 34.7 Å². The van der Waals surface area contributed by atoms with Gasteiger partial charge in [0.05, 0.1) is 19.8 Å². The van der Waals surface area contributed by atoms with Gasteiger partial charge in [-0.2, -0.15) is 0 Å². The Balaban J connectivity index is 1.86. The molecule has 2 aliphatic heterocycles. The predicted octanol–water partition coefficient (Wildman–Crippen LogP) is 2.97. The number of carbonyl (C=O) groups is 1. The molecule has 3 rings (SSSR count). The van der Waals surface area contributed by atoms with Gasteiger partial charge in [0.25, 0.3) is 0 Å². The zero-order valence-corrected chi connectivity index (χ0v) is 13.9. The number of hydrogen-bond acceptors (Lipinski definition) is 4. The van der Waals surface area contributed by atoms with Crippen molar-refractivity contribution in [3.63, 3.8) is 0 Å². The minimum Gasteiger partial charge on any atom is -0.497 e. The predicted molar refractivity (Wildman–Crippen MR) is 86.2 cm³/mol. The fourth-order valence-corrected chi connectivity index (χ4v) is 5.86. The Bertz CT molecular complexity index is 582. The first-order chi connectivity index (χ1) is 10.6. The van der Waals surface area contributed by atoms with Gasteiger partial charge in [-0.25, -0.2) is 0 Å². The molecule has 0 aromatic heterocycles. The molecule has 2 heterocycles. The van der Waals surface area contributed by atoms with Crippen LogP contribution >= 0.6 is 0 Å². The van der Waals surface area contributed by atoms with E-state index in [9.17, 15) is 9.00 Å². The number of ether oxygens (including phenoxy) is 2. The number of benzene rings is 1. The fraction of sp³-hybridized carbons (Fsp3) is 0.588. The van der Waals surface area contributed by atoms with Crippen molar-refractivity contribution in [2.45, 2.75) is 42.6 Å². The van der Waals surface area contributed by atoms with Gasteiger partial charge in [0.1, 0.15) is 11.5 Å². The largest absolute Gasteiger partial charge is 0.497 e. The lowest BCUT2D eigenvalue weighted by Crippen LogP contribution is -2.41. The summed E-state index contributed by atoms with van der Waals surface area (Å²) in [6.07, 6.45) is 4.60. The molecule has 120 valence electrons. The van der Waals surface area contributed by atoms with E-state index in [0.717, 1.165) is 32.1 Å². The van der Waals surface area contributed by atoms with Crippen LogP contribution in [0.4, 0.5) is 0 Å². The molecule has 2 fully saturated rings. The lowest BCUT2D eigenvalue weighted by Gasteiger charge is -2.37. The lowest BCUT2D eigenvalue weighted by molar-refractivity contribution is 0.0892. The second kappa shape index (κ2) is 6.41. The average molecular weight is 322 g/mol. The van der Waals surface area contributed by atoms with Gasteiger partial charge in [-0.05, 0) is 43.9 Å². The number of carbonyl (C=O) groups excluding carboxylic acids is 1. The molecule has 2 aliphatic rings. The summed E-state index contributed by atoms with van der Waals surface area (Å²) in [5, 5.41) is 0.385. The summed E-state index contributed by atoms with van der Waals surface area (Å²) in [4.78, 5) is 13.0. The van der Waals surface area contributed by atoms with Gasteiger partial charge in [-0.1, -0.05) is 6.42 Å². The molecule has 2 saturated heterocycles. The smallest absolute Gasteiger partial charge is 0.169 e. The molecule has 0 amide bonds. The van der Waals surface area contributed by atoms with Crippen LogP contribution in [0.1, 0.15) is 42.5 Å². The van der Waals surface area contributed by atoms with E-state index in [-0.39, 0.29) is 22.2 Å². The number of ketones is 1. The fourth-order valence-electron chi connectivity index (χ4n) is 3.67. The molecule has 2 atom stereocenters. The Morgan fingerprint density at radius 1 is 1.14 bits per heavy atom. The summed E-state index contributed by atoms with van der Waals surface area (Å²) >= 11 is 0. The van der Waals surface area contributed by atoms with E-state index < -0.39 is 10.8 Å². The number of Topliss-reactive ketones (excluding diaryl/α,β-unsaturated/α-hetero) is 1. The van der Waals surface area contributed by atoms with Crippen molar-refractivity contribution in [3.8, 4) is 11.5 Å². The van der Waals surface area contributed by atoms with Crippen LogP contribution in [0.3, 0.4) is 0 Å². The van der Waals surface area contributed by atoms with Gasteiger partial charge in [0.15, 0.2) is 5.78 Å². The van der Waals surface area contributed by atoms with E-state index in [4.69, 9.17) is 9.47 Å². The van der Waals surface area contributed by atoms with E-state index in [0.29, 0.717) is 17.1 Å². The Labute approximate surface area is 133 Å². The lowest BCUT2D eigenvalue weighted by atomic mass is 9.84.